The van der Waals surface area contributed by atoms with Crippen LogP contribution in [0.3, 0.4) is 0 Å². The standard InChI is InChI=1S/3C11H17N.C10H16N2.C10H17N.2C9H16N2.C9H15NS/c1-8(2)10-5-11(9(3)4)7-12-6-10;1-8(2)10-5-6-12-11(7-10)9(3)4;1-8(2)10-5-6-11(9(3)4)12-7-10;1-7(2)9-5-6-10(8(3)4)12-11-9;1-7(2)9-5-10(8(3)4)11-6-9;1-7(2)9-5-11(6-10-9)8(3)4;1-7(2)9-5-10-11(6-9)8(3)4;1-6(2)8-5-11-9(10-8)7(3)4/h3*5-9H,1-4H3;5-8H,1-4H3;5,7-8H,6H2,1-4H3;2*5-8H,1-4H3;5-7H,1-4H3. The smallest absolute Gasteiger partial charge is 0.0953 e. The topological polar surface area (TPSA) is 125 Å². The molecule has 0 saturated heterocycles. The summed E-state index contributed by atoms with van der Waals surface area (Å²) in [4.78, 5) is 26.2. The van der Waals surface area contributed by atoms with Crippen LogP contribution in [-0.4, -0.2) is 61.7 Å². The number of aromatic nitrogens is 10. The molecule has 0 N–H and O–H groups in total. The first kappa shape index (κ1) is 84.0. The van der Waals surface area contributed by atoms with Crippen molar-refractivity contribution in [2.75, 3.05) is 6.54 Å². The third-order valence-electron chi connectivity index (χ3n) is 15.5. The summed E-state index contributed by atoms with van der Waals surface area (Å²) in [6.45, 7) is 70.5. The van der Waals surface area contributed by atoms with Gasteiger partial charge in [0.2, 0.25) is 0 Å². The van der Waals surface area contributed by atoms with E-state index in [1.54, 1.807) is 11.3 Å². The van der Waals surface area contributed by atoms with Crippen LogP contribution < -0.4 is 0 Å². The molecule has 512 valence electrons. The Morgan fingerprint density at radius 2 is 0.859 bits per heavy atom. The molecule has 0 radical (unpaired) electrons. The minimum Gasteiger partial charge on any atom is -0.335 e. The van der Waals surface area contributed by atoms with Gasteiger partial charge < -0.3 is 4.57 Å². The van der Waals surface area contributed by atoms with E-state index in [0.717, 1.165) is 17.9 Å². The molecule has 8 rings (SSSR count). The first-order valence-corrected chi connectivity index (χ1v) is 35.7. The lowest BCUT2D eigenvalue weighted by atomic mass is 9.99. The fourth-order valence-electron chi connectivity index (χ4n) is 8.18. The van der Waals surface area contributed by atoms with Crippen LogP contribution in [-0.2, 0) is 0 Å². The van der Waals surface area contributed by atoms with Crippen LogP contribution in [0.4, 0.5) is 0 Å². The highest BCUT2D eigenvalue weighted by atomic mass is 32.1. The van der Waals surface area contributed by atoms with Crippen LogP contribution in [0.1, 0.15) is 372 Å². The maximum Gasteiger partial charge on any atom is 0.0953 e. The molecule has 7 aromatic rings. The van der Waals surface area contributed by atoms with E-state index >= 15 is 0 Å². The molecule has 0 aliphatic carbocycles. The third kappa shape index (κ3) is 32.2. The number of hydrogen-bond acceptors (Lipinski definition) is 10. The first-order chi connectivity index (χ1) is 42.9. The van der Waals surface area contributed by atoms with E-state index < -0.39 is 0 Å². The van der Waals surface area contributed by atoms with Crippen LogP contribution in [0.5, 0.6) is 0 Å². The second-order valence-electron chi connectivity index (χ2n) is 29.4. The van der Waals surface area contributed by atoms with Crippen LogP contribution in [0.15, 0.2) is 114 Å². The minimum atomic E-state index is 0.471. The lowest BCUT2D eigenvalue weighted by Crippen LogP contribution is -2.00. The van der Waals surface area contributed by atoms with Gasteiger partial charge in [-0.3, -0.25) is 24.6 Å². The summed E-state index contributed by atoms with van der Waals surface area (Å²) in [6, 6.07) is 16.0. The molecular formula is C80H131N11S. The van der Waals surface area contributed by atoms with E-state index in [-0.39, 0.29) is 0 Å². The van der Waals surface area contributed by atoms with Gasteiger partial charge in [0, 0.05) is 77.7 Å². The fraction of sp³-hybridized carbons (Fsp3) is 0.613. The van der Waals surface area contributed by atoms with Gasteiger partial charge in [-0.15, -0.1) is 11.3 Å². The quantitative estimate of drug-likeness (QED) is 0.0937. The zero-order valence-corrected chi connectivity index (χ0v) is 64.9. The molecule has 92 heavy (non-hydrogen) atoms. The zero-order valence-electron chi connectivity index (χ0n) is 64.1. The SMILES string of the molecule is CC(C)C1=CC(C(C)C)=NC1.CC(C)c1ccc(C(C)C)nc1.CC(C)c1ccc(C(C)C)nn1.CC(C)c1ccnc(C(C)C)c1.CC(C)c1cn(C(C)C)cn1.CC(C)c1cncc(C(C)C)c1.CC(C)c1cnn(C(C)C)c1.CC(C)c1csc(C(C)C)n1. The van der Waals surface area contributed by atoms with Gasteiger partial charge in [-0.2, -0.15) is 15.3 Å². The predicted molar refractivity (Wildman–Crippen MR) is 401 cm³/mol. The largest absolute Gasteiger partial charge is 0.335 e. The molecule has 8 heterocycles. The van der Waals surface area contributed by atoms with Crippen molar-refractivity contribution in [1.82, 2.24) is 49.5 Å². The second-order valence-corrected chi connectivity index (χ2v) is 30.3. The Balaban J connectivity index is 0.000000526. The predicted octanol–water partition coefficient (Wildman–Crippen LogP) is 24.0. The molecule has 0 bridgehead atoms. The van der Waals surface area contributed by atoms with E-state index in [9.17, 15) is 0 Å². The van der Waals surface area contributed by atoms with E-state index in [1.807, 2.05) is 42.0 Å². The van der Waals surface area contributed by atoms with Crippen LogP contribution in [0, 0.1) is 11.8 Å². The van der Waals surface area contributed by atoms with Crippen molar-refractivity contribution < 1.29 is 0 Å². The fourth-order valence-corrected chi connectivity index (χ4v) is 9.17. The summed E-state index contributed by atoms with van der Waals surface area (Å²) in [7, 11) is 0. The molecule has 0 atom stereocenters. The number of aliphatic imine (C=N–C) groups is 1. The molecule has 0 spiro atoms. The average Bonchev–Trinajstić information content (AvgIpc) is 1.54. The van der Waals surface area contributed by atoms with Gasteiger partial charge in [-0.1, -0.05) is 206 Å². The summed E-state index contributed by atoms with van der Waals surface area (Å²) >= 11 is 1.77. The molecule has 12 heteroatoms. The molecule has 0 saturated carbocycles. The average molecular weight is 1280 g/mol. The van der Waals surface area contributed by atoms with Gasteiger partial charge in [0.1, 0.15) is 0 Å². The number of hydrogen-bond donors (Lipinski definition) is 0. The van der Waals surface area contributed by atoms with E-state index in [4.69, 9.17) is 0 Å². The van der Waals surface area contributed by atoms with E-state index in [0.29, 0.717) is 94.9 Å². The number of rotatable bonds is 16. The maximum atomic E-state index is 4.53. The van der Waals surface area contributed by atoms with Crippen molar-refractivity contribution in [3.8, 4) is 0 Å². The normalized spacial score (nSPS) is 12.0. The summed E-state index contributed by atoms with van der Waals surface area (Å²) in [6.07, 6.45) is 18.2. The Morgan fingerprint density at radius 3 is 1.16 bits per heavy atom. The van der Waals surface area contributed by atoms with Gasteiger partial charge in [0.05, 0.1) is 46.9 Å². The van der Waals surface area contributed by atoms with Gasteiger partial charge in [-0.25, -0.2) is 9.97 Å². The summed E-state index contributed by atoms with van der Waals surface area (Å²) in [5.41, 5.74) is 16.4. The molecule has 11 nitrogen and oxygen atoms in total. The Kier molecular flexibility index (Phi) is 39.3. The van der Waals surface area contributed by atoms with Crippen LogP contribution >= 0.6 is 11.3 Å². The van der Waals surface area contributed by atoms with Crippen molar-refractivity contribution >= 4 is 17.0 Å². The maximum absolute atomic E-state index is 4.53. The van der Waals surface area contributed by atoms with Crippen molar-refractivity contribution in [2.45, 2.75) is 305 Å². The Hall–Kier alpha value is -6.01. The molecule has 1 aliphatic heterocycles. The number of nitrogens with zero attached hydrogens (tertiary/aromatic N) is 11. The summed E-state index contributed by atoms with van der Waals surface area (Å²) in [5, 5.41) is 16.0. The highest BCUT2D eigenvalue weighted by molar-refractivity contribution is 7.09. The molecule has 0 amide bonds. The lowest BCUT2D eigenvalue weighted by molar-refractivity contribution is 0.531. The number of thiazole rings is 1. The summed E-state index contributed by atoms with van der Waals surface area (Å²) in [5.74, 6) is 7.87. The molecule has 0 aromatic carbocycles. The van der Waals surface area contributed by atoms with Gasteiger partial charge >= 0.3 is 0 Å². The summed E-state index contributed by atoms with van der Waals surface area (Å²) < 4.78 is 4.13. The Bertz CT molecular complexity index is 2700. The minimum absolute atomic E-state index is 0.471. The lowest BCUT2D eigenvalue weighted by Gasteiger charge is -2.09. The van der Waals surface area contributed by atoms with E-state index in [2.05, 4.69) is 338 Å². The highest BCUT2D eigenvalue weighted by Gasteiger charge is 2.14. The van der Waals surface area contributed by atoms with Crippen molar-refractivity contribution in [1.29, 1.82) is 0 Å². The van der Waals surface area contributed by atoms with E-state index in [1.165, 1.54) is 66.9 Å². The molecular weight excluding hydrogens is 1150 g/mol. The number of pyridine rings is 3. The van der Waals surface area contributed by atoms with Gasteiger partial charge in [0.15, 0.2) is 0 Å². The van der Waals surface area contributed by atoms with Crippen molar-refractivity contribution in [3.63, 3.8) is 0 Å². The number of imidazole rings is 1. The van der Waals surface area contributed by atoms with Crippen molar-refractivity contribution in [2.24, 2.45) is 16.8 Å². The monoisotopic (exact) mass is 1280 g/mol. The molecule has 0 fully saturated rings. The van der Waals surface area contributed by atoms with Gasteiger partial charge in [0.25, 0.3) is 0 Å². The van der Waals surface area contributed by atoms with Gasteiger partial charge in [-0.05, 0) is 174 Å². The van der Waals surface area contributed by atoms with Crippen molar-refractivity contribution in [3.05, 3.63) is 176 Å². The molecule has 7 aromatic heterocycles. The first-order valence-electron chi connectivity index (χ1n) is 34.9. The molecule has 0 unspecified atom stereocenters. The highest BCUT2D eigenvalue weighted by Crippen LogP contribution is 2.25. The number of allylic oxidation sites excluding steroid dienone is 1. The second kappa shape index (κ2) is 43.1. The Morgan fingerprint density at radius 1 is 0.370 bits per heavy atom. The Labute approximate surface area is 567 Å². The third-order valence-corrected chi connectivity index (χ3v) is 16.7. The van der Waals surface area contributed by atoms with Crippen LogP contribution in [0.25, 0.3) is 0 Å². The zero-order chi connectivity index (χ0) is 70.3. The van der Waals surface area contributed by atoms with Crippen LogP contribution in [0.2, 0.25) is 0 Å². The molecule has 1 aliphatic rings.